The zero-order valence-corrected chi connectivity index (χ0v) is 11.9. The summed E-state index contributed by atoms with van der Waals surface area (Å²) in [5.74, 6) is 2.32. The van der Waals surface area contributed by atoms with Crippen LogP contribution in [0.4, 0.5) is 11.8 Å². The Labute approximate surface area is 115 Å². The summed E-state index contributed by atoms with van der Waals surface area (Å²) in [5, 5.41) is 12.3. The predicted octanol–water partition coefficient (Wildman–Crippen LogP) is 1.82. The fourth-order valence-electron chi connectivity index (χ4n) is 2.49. The van der Waals surface area contributed by atoms with Crippen molar-refractivity contribution in [3.63, 3.8) is 0 Å². The molecule has 0 radical (unpaired) electrons. The van der Waals surface area contributed by atoms with E-state index in [9.17, 15) is 0 Å². The number of aliphatic hydroxyl groups excluding tert-OH is 1. The number of hydrogen-bond donors (Lipinski definition) is 2. The molecule has 1 aliphatic rings. The van der Waals surface area contributed by atoms with Crippen molar-refractivity contribution in [3.8, 4) is 0 Å². The van der Waals surface area contributed by atoms with Crippen LogP contribution in [-0.4, -0.2) is 41.3 Å². The fraction of sp³-hybridized carbons (Fsp3) is 0.714. The highest BCUT2D eigenvalue weighted by Crippen LogP contribution is 2.25. The Balaban J connectivity index is 2.05. The zero-order chi connectivity index (χ0) is 13.7. The van der Waals surface area contributed by atoms with Crippen LogP contribution in [-0.2, 0) is 0 Å². The molecule has 5 nitrogen and oxygen atoms in total. The van der Waals surface area contributed by atoms with Crippen molar-refractivity contribution in [2.24, 2.45) is 5.92 Å². The number of nitrogens with zero attached hydrogens (tertiary/aromatic N) is 3. The van der Waals surface area contributed by atoms with Crippen molar-refractivity contribution in [3.05, 3.63) is 11.8 Å². The molecule has 1 aromatic rings. The standard InChI is InChI=1S/C14H24N4O/c1-3-6-15-14-16-11(2)9-13(17-14)18-7-4-12(10-18)5-8-19/h9,12,19H,3-8,10H2,1-2H3,(H,15,16,17). The Morgan fingerprint density at radius 2 is 2.32 bits per heavy atom. The zero-order valence-electron chi connectivity index (χ0n) is 11.9. The SMILES string of the molecule is CCCNc1nc(C)cc(N2CCC(CCO)C2)n1. The molecule has 19 heavy (non-hydrogen) atoms. The van der Waals surface area contributed by atoms with Crippen LogP contribution in [0.3, 0.4) is 0 Å². The molecule has 1 fully saturated rings. The topological polar surface area (TPSA) is 61.3 Å². The average Bonchev–Trinajstić information content (AvgIpc) is 2.85. The van der Waals surface area contributed by atoms with E-state index in [2.05, 4.69) is 27.1 Å². The number of rotatable bonds is 6. The van der Waals surface area contributed by atoms with Crippen LogP contribution in [0, 0.1) is 12.8 Å². The van der Waals surface area contributed by atoms with Crippen LogP contribution in [0.25, 0.3) is 0 Å². The number of nitrogens with one attached hydrogen (secondary N) is 1. The molecule has 2 N–H and O–H groups in total. The first-order chi connectivity index (χ1) is 9.22. The van der Waals surface area contributed by atoms with Crippen molar-refractivity contribution in [2.45, 2.75) is 33.1 Å². The van der Waals surface area contributed by atoms with Gasteiger partial charge in [0.1, 0.15) is 5.82 Å². The van der Waals surface area contributed by atoms with Gasteiger partial charge in [-0.15, -0.1) is 0 Å². The van der Waals surface area contributed by atoms with E-state index in [4.69, 9.17) is 5.11 Å². The molecule has 1 unspecified atom stereocenters. The number of aromatic nitrogens is 2. The number of hydrogen-bond acceptors (Lipinski definition) is 5. The summed E-state index contributed by atoms with van der Waals surface area (Å²) in [6.07, 6.45) is 3.10. The summed E-state index contributed by atoms with van der Waals surface area (Å²) >= 11 is 0. The first kappa shape index (κ1) is 14.1. The molecule has 0 aliphatic carbocycles. The van der Waals surface area contributed by atoms with Gasteiger partial charge in [0, 0.05) is 38.0 Å². The van der Waals surface area contributed by atoms with E-state index in [0.29, 0.717) is 5.92 Å². The Hall–Kier alpha value is -1.36. The lowest BCUT2D eigenvalue weighted by Gasteiger charge is -2.18. The molecule has 0 bridgehead atoms. The second-order valence-electron chi connectivity index (χ2n) is 5.23. The first-order valence-electron chi connectivity index (χ1n) is 7.18. The Bertz CT molecular complexity index is 410. The smallest absolute Gasteiger partial charge is 0.224 e. The Kier molecular flexibility index (Phi) is 4.96. The highest BCUT2D eigenvalue weighted by molar-refractivity contribution is 5.45. The lowest BCUT2D eigenvalue weighted by molar-refractivity contribution is 0.263. The van der Waals surface area contributed by atoms with Gasteiger partial charge in [-0.3, -0.25) is 0 Å². The van der Waals surface area contributed by atoms with E-state index in [1.165, 1.54) is 0 Å². The minimum atomic E-state index is 0.282. The predicted molar refractivity (Wildman–Crippen MR) is 77.6 cm³/mol. The maximum atomic E-state index is 9.01. The molecule has 106 valence electrons. The number of aryl methyl sites for hydroxylation is 1. The molecular weight excluding hydrogens is 240 g/mol. The quantitative estimate of drug-likeness (QED) is 0.820. The van der Waals surface area contributed by atoms with Crippen molar-refractivity contribution in [2.75, 3.05) is 36.5 Å². The van der Waals surface area contributed by atoms with Crippen molar-refractivity contribution >= 4 is 11.8 Å². The second-order valence-corrected chi connectivity index (χ2v) is 5.23. The molecule has 2 heterocycles. The molecule has 1 saturated heterocycles. The lowest BCUT2D eigenvalue weighted by Crippen LogP contribution is -2.22. The highest BCUT2D eigenvalue weighted by Gasteiger charge is 2.23. The van der Waals surface area contributed by atoms with Crippen molar-refractivity contribution in [1.82, 2.24) is 9.97 Å². The van der Waals surface area contributed by atoms with Crippen LogP contribution >= 0.6 is 0 Å². The van der Waals surface area contributed by atoms with Crippen LogP contribution in [0.1, 0.15) is 31.9 Å². The molecule has 2 rings (SSSR count). The summed E-state index contributed by atoms with van der Waals surface area (Å²) in [5.41, 5.74) is 0.995. The maximum Gasteiger partial charge on any atom is 0.224 e. The monoisotopic (exact) mass is 264 g/mol. The van der Waals surface area contributed by atoms with E-state index in [1.807, 2.05) is 13.0 Å². The van der Waals surface area contributed by atoms with Gasteiger partial charge in [0.05, 0.1) is 0 Å². The minimum Gasteiger partial charge on any atom is -0.396 e. The third kappa shape index (κ3) is 3.80. The molecule has 1 aliphatic heterocycles. The largest absolute Gasteiger partial charge is 0.396 e. The summed E-state index contributed by atoms with van der Waals surface area (Å²) in [6.45, 7) is 7.33. The van der Waals surface area contributed by atoms with Gasteiger partial charge in [-0.05, 0) is 32.1 Å². The van der Waals surface area contributed by atoms with Gasteiger partial charge < -0.3 is 15.3 Å². The normalized spacial score (nSPS) is 18.9. The molecule has 5 heteroatoms. The van der Waals surface area contributed by atoms with E-state index in [1.54, 1.807) is 0 Å². The van der Waals surface area contributed by atoms with Crippen LogP contribution in [0.15, 0.2) is 6.07 Å². The van der Waals surface area contributed by atoms with Crippen LogP contribution < -0.4 is 10.2 Å². The molecule has 1 aromatic heterocycles. The van der Waals surface area contributed by atoms with Gasteiger partial charge in [-0.1, -0.05) is 6.92 Å². The molecule has 1 atom stereocenters. The van der Waals surface area contributed by atoms with Crippen molar-refractivity contribution < 1.29 is 5.11 Å². The molecular formula is C14H24N4O. The third-order valence-electron chi connectivity index (χ3n) is 3.52. The second kappa shape index (κ2) is 6.70. The summed E-state index contributed by atoms with van der Waals surface area (Å²) < 4.78 is 0. The Morgan fingerprint density at radius 1 is 1.47 bits per heavy atom. The van der Waals surface area contributed by atoms with Gasteiger partial charge in [0.15, 0.2) is 0 Å². The van der Waals surface area contributed by atoms with E-state index < -0.39 is 0 Å². The van der Waals surface area contributed by atoms with Gasteiger partial charge in [-0.25, -0.2) is 4.98 Å². The first-order valence-corrected chi connectivity index (χ1v) is 7.18. The van der Waals surface area contributed by atoms with Gasteiger partial charge >= 0.3 is 0 Å². The van der Waals surface area contributed by atoms with Gasteiger partial charge in [0.25, 0.3) is 0 Å². The summed E-state index contributed by atoms with van der Waals surface area (Å²) in [6, 6.07) is 2.04. The average molecular weight is 264 g/mol. The molecule has 0 saturated carbocycles. The fourth-order valence-corrected chi connectivity index (χ4v) is 2.49. The minimum absolute atomic E-state index is 0.282. The number of aliphatic hydroxyl groups is 1. The van der Waals surface area contributed by atoms with Crippen LogP contribution in [0.5, 0.6) is 0 Å². The van der Waals surface area contributed by atoms with Gasteiger partial charge in [0.2, 0.25) is 5.95 Å². The van der Waals surface area contributed by atoms with Gasteiger partial charge in [-0.2, -0.15) is 4.98 Å². The Morgan fingerprint density at radius 3 is 3.05 bits per heavy atom. The van der Waals surface area contributed by atoms with Crippen LogP contribution in [0.2, 0.25) is 0 Å². The number of anilines is 2. The third-order valence-corrected chi connectivity index (χ3v) is 3.52. The van der Waals surface area contributed by atoms with E-state index >= 15 is 0 Å². The van der Waals surface area contributed by atoms with E-state index in [0.717, 1.165) is 56.4 Å². The summed E-state index contributed by atoms with van der Waals surface area (Å²) in [7, 11) is 0. The van der Waals surface area contributed by atoms with E-state index in [-0.39, 0.29) is 6.61 Å². The lowest BCUT2D eigenvalue weighted by atomic mass is 10.1. The maximum absolute atomic E-state index is 9.01. The summed E-state index contributed by atoms with van der Waals surface area (Å²) in [4.78, 5) is 11.3. The molecule has 0 spiro atoms. The molecule has 0 amide bonds. The molecule has 0 aromatic carbocycles. The van der Waals surface area contributed by atoms with Crippen molar-refractivity contribution in [1.29, 1.82) is 0 Å². The highest BCUT2D eigenvalue weighted by atomic mass is 16.3.